The summed E-state index contributed by atoms with van der Waals surface area (Å²) >= 11 is 5.86. The van der Waals surface area contributed by atoms with E-state index in [0.717, 1.165) is 16.5 Å². The van der Waals surface area contributed by atoms with E-state index in [4.69, 9.17) is 17.3 Å². The maximum Gasteiger partial charge on any atom is 0.134 e. The molecule has 0 aliphatic heterocycles. The molecule has 0 spiro atoms. The molecule has 0 saturated heterocycles. The number of nitrogens with one attached hydrogen (secondary N) is 1. The standard InChI is InChI=1S/C8H8ClN3/c9-8-6(3-10)5-1-2-11-7(5)4-12-8/h1-2,4,11H,3,10H2. The summed E-state index contributed by atoms with van der Waals surface area (Å²) in [7, 11) is 0. The third kappa shape index (κ3) is 0.983. The summed E-state index contributed by atoms with van der Waals surface area (Å²) in [5, 5.41) is 1.54. The Morgan fingerprint density at radius 2 is 2.42 bits per heavy atom. The SMILES string of the molecule is NCc1c(Cl)ncc2[nH]ccc12. The predicted molar refractivity (Wildman–Crippen MR) is 49.0 cm³/mol. The van der Waals surface area contributed by atoms with Crippen LogP contribution in [0.4, 0.5) is 0 Å². The Balaban J connectivity index is 2.83. The molecule has 4 heteroatoms. The van der Waals surface area contributed by atoms with Crippen LogP contribution in [-0.4, -0.2) is 9.97 Å². The van der Waals surface area contributed by atoms with Crippen molar-refractivity contribution < 1.29 is 0 Å². The van der Waals surface area contributed by atoms with Gasteiger partial charge in [-0.25, -0.2) is 4.98 Å². The second-order valence-electron chi connectivity index (χ2n) is 2.54. The fraction of sp³-hybridized carbons (Fsp3) is 0.125. The molecule has 0 amide bonds. The van der Waals surface area contributed by atoms with E-state index in [1.54, 1.807) is 6.20 Å². The van der Waals surface area contributed by atoms with Gasteiger partial charge in [0.1, 0.15) is 5.15 Å². The van der Waals surface area contributed by atoms with Crippen LogP contribution in [0.1, 0.15) is 5.56 Å². The summed E-state index contributed by atoms with van der Waals surface area (Å²) in [4.78, 5) is 7.05. The number of fused-ring (bicyclic) bond motifs is 1. The van der Waals surface area contributed by atoms with Crippen molar-refractivity contribution in [3.8, 4) is 0 Å². The number of rotatable bonds is 1. The lowest BCUT2D eigenvalue weighted by Crippen LogP contribution is -1.98. The van der Waals surface area contributed by atoms with E-state index in [2.05, 4.69) is 9.97 Å². The molecule has 2 aromatic heterocycles. The van der Waals surface area contributed by atoms with Gasteiger partial charge in [-0.15, -0.1) is 0 Å². The minimum Gasteiger partial charge on any atom is -0.360 e. The lowest BCUT2D eigenvalue weighted by atomic mass is 10.2. The zero-order valence-electron chi connectivity index (χ0n) is 6.34. The van der Waals surface area contributed by atoms with Gasteiger partial charge >= 0.3 is 0 Å². The summed E-state index contributed by atoms with van der Waals surface area (Å²) in [5.41, 5.74) is 7.41. The molecule has 0 bridgehead atoms. The number of nitrogens with two attached hydrogens (primary N) is 1. The van der Waals surface area contributed by atoms with Crippen LogP contribution in [0.2, 0.25) is 5.15 Å². The molecule has 3 N–H and O–H groups in total. The molecule has 12 heavy (non-hydrogen) atoms. The number of hydrogen-bond acceptors (Lipinski definition) is 2. The van der Waals surface area contributed by atoms with E-state index >= 15 is 0 Å². The highest BCUT2D eigenvalue weighted by molar-refractivity contribution is 6.31. The highest BCUT2D eigenvalue weighted by Gasteiger charge is 2.05. The van der Waals surface area contributed by atoms with Crippen molar-refractivity contribution in [2.75, 3.05) is 0 Å². The summed E-state index contributed by atoms with van der Waals surface area (Å²) in [5.74, 6) is 0. The number of H-pyrrole nitrogens is 1. The first-order valence-electron chi connectivity index (χ1n) is 3.63. The van der Waals surface area contributed by atoms with Crippen molar-refractivity contribution in [2.45, 2.75) is 6.54 Å². The Labute approximate surface area is 74.5 Å². The van der Waals surface area contributed by atoms with Crippen LogP contribution in [-0.2, 0) is 6.54 Å². The van der Waals surface area contributed by atoms with Gasteiger partial charge in [-0.2, -0.15) is 0 Å². The Kier molecular flexibility index (Phi) is 1.75. The van der Waals surface area contributed by atoms with Gasteiger partial charge in [0, 0.05) is 23.7 Å². The monoisotopic (exact) mass is 181 g/mol. The predicted octanol–water partition coefficient (Wildman–Crippen LogP) is 1.67. The number of aromatic amines is 1. The molecule has 0 unspecified atom stereocenters. The van der Waals surface area contributed by atoms with E-state index in [1.807, 2.05) is 12.3 Å². The third-order valence-corrected chi connectivity index (χ3v) is 2.19. The van der Waals surface area contributed by atoms with Gasteiger partial charge in [0.05, 0.1) is 11.7 Å². The molecule has 0 aromatic carbocycles. The second-order valence-corrected chi connectivity index (χ2v) is 2.89. The largest absolute Gasteiger partial charge is 0.360 e. The molecule has 0 saturated carbocycles. The summed E-state index contributed by atoms with van der Waals surface area (Å²) in [6.45, 7) is 0.418. The minimum atomic E-state index is 0.418. The van der Waals surface area contributed by atoms with Gasteiger partial charge in [-0.3, -0.25) is 0 Å². The van der Waals surface area contributed by atoms with Gasteiger partial charge in [0.2, 0.25) is 0 Å². The molecule has 3 nitrogen and oxygen atoms in total. The Bertz CT molecular complexity index is 408. The van der Waals surface area contributed by atoms with Gasteiger partial charge in [0.15, 0.2) is 0 Å². The zero-order valence-corrected chi connectivity index (χ0v) is 7.10. The molecule has 62 valence electrons. The van der Waals surface area contributed by atoms with Crippen LogP contribution in [0.15, 0.2) is 18.5 Å². The lowest BCUT2D eigenvalue weighted by molar-refractivity contribution is 1.07. The maximum atomic E-state index is 5.86. The van der Waals surface area contributed by atoms with E-state index < -0.39 is 0 Å². The number of nitrogens with zero attached hydrogens (tertiary/aromatic N) is 1. The second kappa shape index (κ2) is 2.77. The summed E-state index contributed by atoms with van der Waals surface area (Å²) in [6.07, 6.45) is 3.55. The van der Waals surface area contributed by atoms with Crippen molar-refractivity contribution in [3.63, 3.8) is 0 Å². The number of hydrogen-bond donors (Lipinski definition) is 2. The van der Waals surface area contributed by atoms with Crippen molar-refractivity contribution >= 4 is 22.5 Å². The molecule has 0 aliphatic carbocycles. The van der Waals surface area contributed by atoms with Crippen LogP contribution in [0.25, 0.3) is 10.9 Å². The van der Waals surface area contributed by atoms with Gasteiger partial charge in [-0.1, -0.05) is 11.6 Å². The fourth-order valence-electron chi connectivity index (χ4n) is 1.26. The van der Waals surface area contributed by atoms with Gasteiger partial charge in [0.25, 0.3) is 0 Å². The van der Waals surface area contributed by atoms with Gasteiger partial charge in [-0.05, 0) is 6.07 Å². The van der Waals surface area contributed by atoms with Crippen LogP contribution >= 0.6 is 11.6 Å². The topological polar surface area (TPSA) is 54.7 Å². The quantitative estimate of drug-likeness (QED) is 0.658. The average molecular weight is 182 g/mol. The smallest absolute Gasteiger partial charge is 0.134 e. The summed E-state index contributed by atoms with van der Waals surface area (Å²) < 4.78 is 0. The minimum absolute atomic E-state index is 0.418. The van der Waals surface area contributed by atoms with E-state index in [1.165, 1.54) is 0 Å². The summed E-state index contributed by atoms with van der Waals surface area (Å²) in [6, 6.07) is 1.95. The highest BCUT2D eigenvalue weighted by atomic mass is 35.5. The van der Waals surface area contributed by atoms with Crippen molar-refractivity contribution in [2.24, 2.45) is 5.73 Å². The average Bonchev–Trinajstić information content (AvgIpc) is 2.52. The van der Waals surface area contributed by atoms with Crippen molar-refractivity contribution in [1.82, 2.24) is 9.97 Å². The molecule has 2 rings (SSSR count). The van der Waals surface area contributed by atoms with E-state index in [0.29, 0.717) is 11.7 Å². The molecule has 0 atom stereocenters. The number of pyridine rings is 1. The number of aromatic nitrogens is 2. The van der Waals surface area contributed by atoms with E-state index in [-0.39, 0.29) is 0 Å². The molecule has 2 heterocycles. The first kappa shape index (κ1) is 7.58. The first-order valence-corrected chi connectivity index (χ1v) is 4.01. The normalized spacial score (nSPS) is 10.8. The lowest BCUT2D eigenvalue weighted by Gasteiger charge is -2.00. The van der Waals surface area contributed by atoms with Crippen LogP contribution in [0, 0.1) is 0 Å². The number of halogens is 1. The molecular formula is C8H8ClN3. The van der Waals surface area contributed by atoms with E-state index in [9.17, 15) is 0 Å². The molecule has 0 radical (unpaired) electrons. The van der Waals surface area contributed by atoms with Crippen molar-refractivity contribution in [3.05, 3.63) is 29.2 Å². The van der Waals surface area contributed by atoms with Gasteiger partial charge < -0.3 is 10.7 Å². The Morgan fingerprint density at radius 3 is 3.17 bits per heavy atom. The van der Waals surface area contributed by atoms with Crippen LogP contribution in [0.5, 0.6) is 0 Å². The van der Waals surface area contributed by atoms with Crippen molar-refractivity contribution in [1.29, 1.82) is 0 Å². The fourth-order valence-corrected chi connectivity index (χ4v) is 1.48. The molecule has 2 aromatic rings. The molecule has 0 fully saturated rings. The Morgan fingerprint density at radius 1 is 1.58 bits per heavy atom. The Hall–Kier alpha value is -1.06. The third-order valence-electron chi connectivity index (χ3n) is 1.86. The molecule has 0 aliphatic rings. The first-order chi connectivity index (χ1) is 5.83. The van der Waals surface area contributed by atoms with Crippen LogP contribution < -0.4 is 5.73 Å². The molecular weight excluding hydrogens is 174 g/mol. The van der Waals surface area contributed by atoms with Crippen LogP contribution in [0.3, 0.4) is 0 Å². The highest BCUT2D eigenvalue weighted by Crippen LogP contribution is 2.22. The maximum absolute atomic E-state index is 5.86. The zero-order chi connectivity index (χ0) is 8.55.